The van der Waals surface area contributed by atoms with Crippen molar-refractivity contribution in [1.29, 1.82) is 0 Å². The molecule has 0 amide bonds. The van der Waals surface area contributed by atoms with E-state index in [1.54, 1.807) is 6.92 Å². The smallest absolute Gasteiger partial charge is 0.126 e. The lowest BCUT2D eigenvalue weighted by Crippen LogP contribution is -2.28. The van der Waals surface area contributed by atoms with E-state index in [1.165, 1.54) is 11.8 Å². The van der Waals surface area contributed by atoms with E-state index in [-0.39, 0.29) is 5.82 Å². The van der Waals surface area contributed by atoms with Gasteiger partial charge in [0.25, 0.3) is 0 Å². The van der Waals surface area contributed by atoms with Crippen molar-refractivity contribution >= 4 is 0 Å². The van der Waals surface area contributed by atoms with E-state index >= 15 is 0 Å². The predicted molar refractivity (Wildman–Crippen MR) is 64.1 cm³/mol. The van der Waals surface area contributed by atoms with Gasteiger partial charge in [-0.15, -0.1) is 0 Å². The summed E-state index contributed by atoms with van der Waals surface area (Å²) in [4.78, 5) is 0. The first kappa shape index (κ1) is 10.5. The summed E-state index contributed by atoms with van der Waals surface area (Å²) in [5.41, 5.74) is 3.99. The summed E-state index contributed by atoms with van der Waals surface area (Å²) in [6.45, 7) is 4.46. The van der Waals surface area contributed by atoms with Crippen molar-refractivity contribution in [2.24, 2.45) is 0 Å². The maximum absolute atomic E-state index is 13.2. The van der Waals surface area contributed by atoms with Gasteiger partial charge in [-0.05, 0) is 30.2 Å². The van der Waals surface area contributed by atoms with Gasteiger partial charge in [-0.2, -0.15) is 5.10 Å². The number of hydrogen-bond acceptors (Lipinski definition) is 2. The topological polar surface area (TPSA) is 29.9 Å². The Morgan fingerprint density at radius 2 is 2.29 bits per heavy atom. The van der Waals surface area contributed by atoms with Gasteiger partial charge in [0.15, 0.2) is 0 Å². The third-order valence-corrected chi connectivity index (χ3v) is 3.21. The molecule has 3 rings (SSSR count). The highest BCUT2D eigenvalue weighted by Gasteiger charge is 2.15. The summed E-state index contributed by atoms with van der Waals surface area (Å²) in [5, 5.41) is 7.70. The van der Waals surface area contributed by atoms with Gasteiger partial charge in [0.05, 0.1) is 18.4 Å². The average molecular weight is 231 g/mol. The molecule has 2 heterocycles. The Hall–Kier alpha value is -1.68. The summed E-state index contributed by atoms with van der Waals surface area (Å²) in [6, 6.07) is 5.21. The molecule has 0 bridgehead atoms. The lowest BCUT2D eigenvalue weighted by Gasteiger charge is -2.16. The maximum atomic E-state index is 13.2. The zero-order chi connectivity index (χ0) is 11.8. The van der Waals surface area contributed by atoms with Gasteiger partial charge in [-0.1, -0.05) is 6.07 Å². The average Bonchev–Trinajstić information content (AvgIpc) is 2.76. The summed E-state index contributed by atoms with van der Waals surface area (Å²) in [6.07, 6.45) is 1.87. The molecule has 0 fully saturated rings. The van der Waals surface area contributed by atoms with Gasteiger partial charge in [0, 0.05) is 18.7 Å². The van der Waals surface area contributed by atoms with Crippen LogP contribution < -0.4 is 5.32 Å². The Kier molecular flexibility index (Phi) is 2.44. The Labute approximate surface area is 99.3 Å². The van der Waals surface area contributed by atoms with E-state index in [2.05, 4.69) is 10.4 Å². The van der Waals surface area contributed by atoms with E-state index in [9.17, 15) is 4.39 Å². The molecule has 0 saturated carbocycles. The lowest BCUT2D eigenvalue weighted by molar-refractivity contribution is 0.476. The SMILES string of the molecule is Cc1cc(-c2cnn3c2CNCC3)ccc1F. The highest BCUT2D eigenvalue weighted by molar-refractivity contribution is 5.66. The first-order valence-corrected chi connectivity index (χ1v) is 5.77. The number of rotatable bonds is 1. The van der Waals surface area contributed by atoms with Crippen molar-refractivity contribution in [2.45, 2.75) is 20.0 Å². The molecular formula is C13H14FN3. The first-order valence-electron chi connectivity index (χ1n) is 5.77. The second kappa shape index (κ2) is 3.96. The first-order chi connectivity index (χ1) is 8.25. The fourth-order valence-electron chi connectivity index (χ4n) is 2.23. The second-order valence-electron chi connectivity index (χ2n) is 4.37. The number of benzene rings is 1. The van der Waals surface area contributed by atoms with E-state index in [1.807, 2.05) is 23.0 Å². The number of nitrogens with one attached hydrogen (secondary N) is 1. The number of hydrogen-bond donors (Lipinski definition) is 1. The summed E-state index contributed by atoms with van der Waals surface area (Å²) in [5.74, 6) is -0.159. The molecule has 0 saturated heterocycles. The molecule has 0 aliphatic carbocycles. The van der Waals surface area contributed by atoms with Crippen LogP contribution in [0, 0.1) is 12.7 Å². The molecule has 1 aromatic heterocycles. The van der Waals surface area contributed by atoms with E-state index in [0.717, 1.165) is 30.8 Å². The van der Waals surface area contributed by atoms with Crippen LogP contribution in [0.4, 0.5) is 4.39 Å². The van der Waals surface area contributed by atoms with E-state index < -0.39 is 0 Å². The molecule has 4 heteroatoms. The Balaban J connectivity index is 2.09. The standard InChI is InChI=1S/C13H14FN3/c1-9-6-10(2-3-12(9)14)11-7-16-17-5-4-15-8-13(11)17/h2-3,6-7,15H,4-5,8H2,1H3. The molecule has 1 aromatic carbocycles. The molecule has 17 heavy (non-hydrogen) atoms. The van der Waals surface area contributed by atoms with Crippen LogP contribution in [0.2, 0.25) is 0 Å². The monoisotopic (exact) mass is 231 g/mol. The minimum atomic E-state index is -0.159. The van der Waals surface area contributed by atoms with Crippen molar-refractivity contribution in [1.82, 2.24) is 15.1 Å². The van der Waals surface area contributed by atoms with E-state index in [0.29, 0.717) is 5.56 Å². The van der Waals surface area contributed by atoms with Crippen LogP contribution in [-0.4, -0.2) is 16.3 Å². The van der Waals surface area contributed by atoms with Gasteiger partial charge >= 0.3 is 0 Å². The quantitative estimate of drug-likeness (QED) is 0.814. The van der Waals surface area contributed by atoms with Crippen LogP contribution in [0.1, 0.15) is 11.3 Å². The number of aryl methyl sites for hydroxylation is 1. The van der Waals surface area contributed by atoms with Crippen molar-refractivity contribution in [2.75, 3.05) is 6.54 Å². The zero-order valence-electron chi connectivity index (χ0n) is 9.70. The Morgan fingerprint density at radius 3 is 3.12 bits per heavy atom. The molecule has 88 valence electrons. The fraction of sp³-hybridized carbons (Fsp3) is 0.308. The molecule has 0 unspecified atom stereocenters. The van der Waals surface area contributed by atoms with Gasteiger partial charge in [-0.3, -0.25) is 4.68 Å². The van der Waals surface area contributed by atoms with Crippen LogP contribution in [-0.2, 0) is 13.1 Å². The largest absolute Gasteiger partial charge is 0.309 e. The van der Waals surface area contributed by atoms with Crippen LogP contribution in [0.3, 0.4) is 0 Å². The predicted octanol–water partition coefficient (Wildman–Crippen LogP) is 2.10. The molecule has 2 aromatic rings. The minimum absolute atomic E-state index is 0.159. The van der Waals surface area contributed by atoms with Gasteiger partial charge in [0.1, 0.15) is 5.82 Å². The molecule has 0 radical (unpaired) electrons. The van der Waals surface area contributed by atoms with Crippen LogP contribution in [0.5, 0.6) is 0 Å². The highest BCUT2D eigenvalue weighted by Crippen LogP contribution is 2.26. The van der Waals surface area contributed by atoms with Crippen LogP contribution in [0.25, 0.3) is 11.1 Å². The van der Waals surface area contributed by atoms with E-state index in [4.69, 9.17) is 0 Å². The van der Waals surface area contributed by atoms with Crippen molar-refractivity contribution in [3.8, 4) is 11.1 Å². The summed E-state index contributed by atoms with van der Waals surface area (Å²) >= 11 is 0. The normalized spacial score (nSPS) is 14.7. The third-order valence-electron chi connectivity index (χ3n) is 3.21. The van der Waals surface area contributed by atoms with Crippen molar-refractivity contribution in [3.63, 3.8) is 0 Å². The number of halogens is 1. The number of fused-ring (bicyclic) bond motifs is 1. The molecule has 0 atom stereocenters. The number of nitrogens with zero attached hydrogens (tertiary/aromatic N) is 2. The second-order valence-corrected chi connectivity index (χ2v) is 4.37. The molecule has 0 spiro atoms. The molecular weight excluding hydrogens is 217 g/mol. The van der Waals surface area contributed by atoms with Gasteiger partial charge in [0.2, 0.25) is 0 Å². The molecule has 1 N–H and O–H groups in total. The third kappa shape index (κ3) is 1.74. The Bertz CT molecular complexity index is 560. The van der Waals surface area contributed by atoms with Crippen molar-refractivity contribution < 1.29 is 4.39 Å². The van der Waals surface area contributed by atoms with Crippen LogP contribution >= 0.6 is 0 Å². The van der Waals surface area contributed by atoms with Crippen LogP contribution in [0.15, 0.2) is 24.4 Å². The number of aromatic nitrogens is 2. The summed E-state index contributed by atoms with van der Waals surface area (Å²) < 4.78 is 15.3. The maximum Gasteiger partial charge on any atom is 0.126 e. The fourth-order valence-corrected chi connectivity index (χ4v) is 2.23. The van der Waals surface area contributed by atoms with Gasteiger partial charge < -0.3 is 5.32 Å². The molecule has 3 nitrogen and oxygen atoms in total. The Morgan fingerprint density at radius 1 is 1.41 bits per heavy atom. The molecule has 1 aliphatic rings. The van der Waals surface area contributed by atoms with Gasteiger partial charge in [-0.25, -0.2) is 4.39 Å². The van der Waals surface area contributed by atoms with Crippen molar-refractivity contribution in [3.05, 3.63) is 41.5 Å². The minimum Gasteiger partial charge on any atom is -0.309 e. The summed E-state index contributed by atoms with van der Waals surface area (Å²) in [7, 11) is 0. The lowest BCUT2D eigenvalue weighted by atomic mass is 10.0. The zero-order valence-corrected chi connectivity index (χ0v) is 9.70. The molecule has 1 aliphatic heterocycles. The highest BCUT2D eigenvalue weighted by atomic mass is 19.1.